The molecule has 2 aromatic heterocycles. The van der Waals surface area contributed by atoms with E-state index in [1.807, 2.05) is 18.5 Å². The molecule has 150 valence electrons. The summed E-state index contributed by atoms with van der Waals surface area (Å²) >= 11 is 0. The van der Waals surface area contributed by atoms with E-state index >= 15 is 0 Å². The van der Waals surface area contributed by atoms with Crippen LogP contribution >= 0.6 is 0 Å². The third kappa shape index (κ3) is 4.05. The summed E-state index contributed by atoms with van der Waals surface area (Å²) in [6.45, 7) is 3.47. The number of likely N-dealkylation sites (tertiary alicyclic amines) is 1. The van der Waals surface area contributed by atoms with Gasteiger partial charge < -0.3 is 4.98 Å². The Balaban J connectivity index is 1.48. The molecule has 1 fully saturated rings. The van der Waals surface area contributed by atoms with Crippen molar-refractivity contribution in [1.82, 2.24) is 19.9 Å². The van der Waals surface area contributed by atoms with Crippen molar-refractivity contribution in [3.05, 3.63) is 84.8 Å². The van der Waals surface area contributed by atoms with Crippen LogP contribution in [0, 0.1) is 0 Å². The van der Waals surface area contributed by atoms with E-state index in [9.17, 15) is 0 Å². The van der Waals surface area contributed by atoms with Crippen LogP contribution in [-0.2, 0) is 6.54 Å². The lowest BCUT2D eigenvalue weighted by Gasteiger charge is -2.26. The smallest absolute Gasteiger partial charge is 0.138 e. The van der Waals surface area contributed by atoms with E-state index in [-0.39, 0.29) is 0 Å². The van der Waals surface area contributed by atoms with Crippen molar-refractivity contribution >= 4 is 0 Å². The highest BCUT2D eigenvalue weighted by atomic mass is 15.1. The van der Waals surface area contributed by atoms with Crippen molar-refractivity contribution in [2.45, 2.75) is 25.8 Å². The van der Waals surface area contributed by atoms with Gasteiger partial charge in [0.1, 0.15) is 5.82 Å². The van der Waals surface area contributed by atoms with Gasteiger partial charge >= 0.3 is 0 Å². The van der Waals surface area contributed by atoms with Crippen LogP contribution in [0.3, 0.4) is 0 Å². The van der Waals surface area contributed by atoms with E-state index in [2.05, 4.69) is 69.5 Å². The molecule has 1 saturated heterocycles. The second-order valence-corrected chi connectivity index (χ2v) is 7.96. The molecular weight excluding hydrogens is 368 g/mol. The van der Waals surface area contributed by atoms with Crippen molar-refractivity contribution in [2.24, 2.45) is 0 Å². The summed E-state index contributed by atoms with van der Waals surface area (Å²) in [5.74, 6) is 0.836. The fourth-order valence-electron chi connectivity index (χ4n) is 4.23. The van der Waals surface area contributed by atoms with Crippen LogP contribution in [0.5, 0.6) is 0 Å². The summed E-state index contributed by atoms with van der Waals surface area (Å²) in [5, 5.41) is 0. The second-order valence-electron chi connectivity index (χ2n) is 7.96. The highest BCUT2D eigenvalue weighted by Crippen LogP contribution is 2.33. The number of hydrogen-bond acceptors (Lipinski definition) is 3. The Bertz CT molecular complexity index is 1080. The average molecular weight is 395 g/mol. The number of nitrogens with zero attached hydrogens (tertiary/aromatic N) is 3. The molecule has 0 bridgehead atoms. The van der Waals surface area contributed by atoms with Crippen molar-refractivity contribution in [3.63, 3.8) is 0 Å². The molecule has 4 nitrogen and oxygen atoms in total. The van der Waals surface area contributed by atoms with Crippen LogP contribution in [0.4, 0.5) is 0 Å². The molecule has 0 radical (unpaired) electrons. The molecular formula is C26H26N4. The van der Waals surface area contributed by atoms with E-state index in [0.717, 1.165) is 40.3 Å². The lowest BCUT2D eigenvalue weighted by atomic mass is 9.97. The van der Waals surface area contributed by atoms with E-state index in [1.165, 1.54) is 37.9 Å². The summed E-state index contributed by atoms with van der Waals surface area (Å²) in [6, 6.07) is 21.6. The highest BCUT2D eigenvalue weighted by Gasteiger charge is 2.14. The number of imidazole rings is 1. The summed E-state index contributed by atoms with van der Waals surface area (Å²) in [7, 11) is 0. The van der Waals surface area contributed by atoms with Crippen LogP contribution in [-0.4, -0.2) is 32.9 Å². The number of benzene rings is 2. The maximum absolute atomic E-state index is 4.86. The molecule has 3 heterocycles. The van der Waals surface area contributed by atoms with Gasteiger partial charge in [-0.3, -0.25) is 9.88 Å². The molecule has 0 spiro atoms. The number of aromatic amines is 1. The van der Waals surface area contributed by atoms with Gasteiger partial charge in [0, 0.05) is 41.8 Å². The van der Waals surface area contributed by atoms with E-state index < -0.39 is 0 Å². The maximum atomic E-state index is 4.86. The van der Waals surface area contributed by atoms with E-state index in [4.69, 9.17) is 4.98 Å². The molecule has 5 rings (SSSR count). The number of pyridine rings is 1. The lowest BCUT2D eigenvalue weighted by Crippen LogP contribution is -2.28. The van der Waals surface area contributed by atoms with Crippen LogP contribution in [0.25, 0.3) is 33.8 Å². The van der Waals surface area contributed by atoms with Crippen molar-refractivity contribution in [3.8, 4) is 33.8 Å². The Morgan fingerprint density at radius 3 is 2.33 bits per heavy atom. The Kier molecular flexibility index (Phi) is 5.40. The molecule has 4 heteroatoms. The summed E-state index contributed by atoms with van der Waals surface area (Å²) in [4.78, 5) is 15.0. The average Bonchev–Trinajstić information content (AvgIpc) is 3.36. The third-order valence-corrected chi connectivity index (χ3v) is 5.83. The molecule has 0 atom stereocenters. The number of aromatic nitrogens is 3. The topological polar surface area (TPSA) is 44.8 Å². The molecule has 0 saturated carbocycles. The van der Waals surface area contributed by atoms with Gasteiger partial charge in [-0.1, -0.05) is 61.0 Å². The Morgan fingerprint density at radius 2 is 1.60 bits per heavy atom. The van der Waals surface area contributed by atoms with Crippen molar-refractivity contribution in [2.75, 3.05) is 13.1 Å². The predicted molar refractivity (Wildman–Crippen MR) is 122 cm³/mol. The van der Waals surface area contributed by atoms with Crippen LogP contribution in [0.15, 0.2) is 79.3 Å². The van der Waals surface area contributed by atoms with Gasteiger partial charge in [-0.2, -0.15) is 0 Å². The minimum atomic E-state index is 0.836. The van der Waals surface area contributed by atoms with Gasteiger partial charge in [-0.15, -0.1) is 0 Å². The van der Waals surface area contributed by atoms with Crippen molar-refractivity contribution < 1.29 is 0 Å². The zero-order chi connectivity index (χ0) is 20.2. The standard InChI is InChI=1S/C26H26N4/c1-3-7-21(8-4-1)24-17-23(26-27-13-14-28-26)18-29-25(24)22-11-9-20(10-12-22)19-30-15-5-2-6-16-30/h1,3-4,7-14,17-18H,2,5-6,15-16,19H2,(H,27,28). The zero-order valence-corrected chi connectivity index (χ0v) is 17.1. The zero-order valence-electron chi connectivity index (χ0n) is 17.1. The normalized spacial score (nSPS) is 14.7. The van der Waals surface area contributed by atoms with Gasteiger partial charge in [0.25, 0.3) is 0 Å². The SMILES string of the molecule is c1ccc(-c2cc(-c3ncc[nH]3)cnc2-c2ccc(CN3CCCCC3)cc2)cc1. The quantitative estimate of drug-likeness (QED) is 0.466. The summed E-state index contributed by atoms with van der Waals surface area (Å²) in [5.41, 5.74) is 6.78. The second kappa shape index (κ2) is 8.64. The first kappa shape index (κ1) is 18.8. The van der Waals surface area contributed by atoms with Gasteiger partial charge in [0.05, 0.1) is 5.69 Å². The largest absolute Gasteiger partial charge is 0.345 e. The van der Waals surface area contributed by atoms with Crippen LogP contribution < -0.4 is 0 Å². The predicted octanol–water partition coefficient (Wildman–Crippen LogP) is 5.79. The molecule has 2 aromatic carbocycles. The minimum Gasteiger partial charge on any atom is -0.345 e. The Labute approximate surface area is 177 Å². The molecule has 1 N–H and O–H groups in total. The first-order chi connectivity index (χ1) is 14.9. The molecule has 30 heavy (non-hydrogen) atoms. The highest BCUT2D eigenvalue weighted by molar-refractivity contribution is 5.83. The number of nitrogens with one attached hydrogen (secondary N) is 1. The molecule has 1 aliphatic heterocycles. The van der Waals surface area contributed by atoms with Gasteiger partial charge in [0.15, 0.2) is 0 Å². The van der Waals surface area contributed by atoms with Crippen LogP contribution in [0.2, 0.25) is 0 Å². The fourth-order valence-corrected chi connectivity index (χ4v) is 4.23. The lowest BCUT2D eigenvalue weighted by molar-refractivity contribution is 0.221. The maximum Gasteiger partial charge on any atom is 0.138 e. The first-order valence-electron chi connectivity index (χ1n) is 10.7. The van der Waals surface area contributed by atoms with Gasteiger partial charge in [0.2, 0.25) is 0 Å². The number of rotatable bonds is 5. The molecule has 0 aliphatic carbocycles. The van der Waals surface area contributed by atoms with Crippen LogP contribution in [0.1, 0.15) is 24.8 Å². The molecule has 0 unspecified atom stereocenters. The van der Waals surface area contributed by atoms with E-state index in [1.54, 1.807) is 6.20 Å². The monoisotopic (exact) mass is 394 g/mol. The fraction of sp³-hybridized carbons (Fsp3) is 0.231. The van der Waals surface area contributed by atoms with Gasteiger partial charge in [-0.05, 0) is 43.1 Å². The van der Waals surface area contributed by atoms with Gasteiger partial charge in [-0.25, -0.2) is 4.98 Å². The Morgan fingerprint density at radius 1 is 0.800 bits per heavy atom. The number of H-pyrrole nitrogens is 1. The molecule has 4 aromatic rings. The number of hydrogen-bond donors (Lipinski definition) is 1. The first-order valence-corrected chi connectivity index (χ1v) is 10.7. The van der Waals surface area contributed by atoms with E-state index in [0.29, 0.717) is 0 Å². The third-order valence-electron chi connectivity index (χ3n) is 5.83. The minimum absolute atomic E-state index is 0.836. The molecule has 0 amide bonds. The van der Waals surface area contributed by atoms with Crippen molar-refractivity contribution in [1.29, 1.82) is 0 Å². The summed E-state index contributed by atoms with van der Waals surface area (Å²) in [6.07, 6.45) is 9.54. The Hall–Kier alpha value is -3.24. The molecule has 1 aliphatic rings. The summed E-state index contributed by atoms with van der Waals surface area (Å²) < 4.78 is 0. The number of piperidine rings is 1.